The molecule has 4 unspecified atom stereocenters. The van der Waals surface area contributed by atoms with Crippen molar-refractivity contribution in [3.8, 4) is 6.07 Å². The van der Waals surface area contributed by atoms with Crippen molar-refractivity contribution in [3.63, 3.8) is 0 Å². The van der Waals surface area contributed by atoms with E-state index in [4.69, 9.17) is 5.26 Å². The van der Waals surface area contributed by atoms with Gasteiger partial charge in [-0.1, -0.05) is 37.6 Å². The first kappa shape index (κ1) is 12.4. The largest absolute Gasteiger partial charge is 0.298 e. The molecule has 1 fully saturated rings. The van der Waals surface area contributed by atoms with Gasteiger partial charge in [0.15, 0.2) is 5.78 Å². The minimum atomic E-state index is -0.382. The zero-order valence-electron chi connectivity index (χ0n) is 11.3. The minimum absolute atomic E-state index is 0.125. The first-order valence-electron chi connectivity index (χ1n) is 7.29. The van der Waals surface area contributed by atoms with Gasteiger partial charge in [-0.25, -0.2) is 0 Å². The Balaban J connectivity index is 1.81. The molecule has 2 heteroatoms. The Hall–Kier alpha value is -1.62. The van der Waals surface area contributed by atoms with Gasteiger partial charge >= 0.3 is 0 Å². The molecule has 3 rings (SSSR count). The van der Waals surface area contributed by atoms with Crippen molar-refractivity contribution >= 4 is 5.78 Å². The Labute approximate surface area is 114 Å². The Bertz CT molecular complexity index is 542. The molecular formula is C17H19NO. The molecular weight excluding hydrogens is 234 g/mol. The molecule has 0 aliphatic heterocycles. The van der Waals surface area contributed by atoms with Crippen molar-refractivity contribution in [2.75, 3.05) is 0 Å². The number of nitriles is 1. The van der Waals surface area contributed by atoms with E-state index in [1.165, 1.54) is 11.1 Å². The van der Waals surface area contributed by atoms with Crippen LogP contribution < -0.4 is 0 Å². The van der Waals surface area contributed by atoms with Gasteiger partial charge in [0.05, 0.1) is 6.07 Å². The van der Waals surface area contributed by atoms with Crippen LogP contribution in [0.4, 0.5) is 0 Å². The number of carbonyl (C=O) groups is 1. The summed E-state index contributed by atoms with van der Waals surface area (Å²) >= 11 is 0. The second-order valence-corrected chi connectivity index (χ2v) is 5.83. The molecule has 19 heavy (non-hydrogen) atoms. The van der Waals surface area contributed by atoms with Gasteiger partial charge < -0.3 is 0 Å². The van der Waals surface area contributed by atoms with Gasteiger partial charge in [0.2, 0.25) is 0 Å². The van der Waals surface area contributed by atoms with Crippen LogP contribution in [0.15, 0.2) is 24.3 Å². The summed E-state index contributed by atoms with van der Waals surface area (Å²) in [6, 6.07) is 10.7. The van der Waals surface area contributed by atoms with E-state index in [0.29, 0.717) is 18.3 Å². The molecule has 4 atom stereocenters. The van der Waals surface area contributed by atoms with Crippen LogP contribution in [-0.4, -0.2) is 5.78 Å². The molecule has 0 spiro atoms. The number of benzene rings is 1. The molecule has 0 bridgehead atoms. The molecule has 1 saturated carbocycles. The topological polar surface area (TPSA) is 40.9 Å². The van der Waals surface area contributed by atoms with Gasteiger partial charge in [-0.05, 0) is 42.2 Å². The van der Waals surface area contributed by atoms with Crippen LogP contribution in [0.25, 0.3) is 0 Å². The highest BCUT2D eigenvalue weighted by Crippen LogP contribution is 2.60. The van der Waals surface area contributed by atoms with E-state index in [2.05, 4.69) is 30.3 Å². The lowest BCUT2D eigenvalue weighted by Gasteiger charge is -2.13. The van der Waals surface area contributed by atoms with Crippen molar-refractivity contribution in [2.45, 2.75) is 38.5 Å². The van der Waals surface area contributed by atoms with E-state index in [1.807, 2.05) is 6.92 Å². The lowest BCUT2D eigenvalue weighted by Crippen LogP contribution is -2.15. The third kappa shape index (κ3) is 1.98. The molecule has 2 nitrogen and oxygen atoms in total. The summed E-state index contributed by atoms with van der Waals surface area (Å²) in [5.74, 6) is 0.865. The van der Waals surface area contributed by atoms with Gasteiger partial charge in [0.25, 0.3) is 0 Å². The molecule has 2 aliphatic carbocycles. The minimum Gasteiger partial charge on any atom is -0.298 e. The Morgan fingerprint density at radius 1 is 1.47 bits per heavy atom. The molecule has 0 N–H and O–H groups in total. The monoisotopic (exact) mass is 253 g/mol. The van der Waals surface area contributed by atoms with Crippen LogP contribution >= 0.6 is 0 Å². The van der Waals surface area contributed by atoms with E-state index in [9.17, 15) is 4.79 Å². The van der Waals surface area contributed by atoms with E-state index in [-0.39, 0.29) is 17.6 Å². The van der Waals surface area contributed by atoms with Gasteiger partial charge in [0, 0.05) is 5.92 Å². The zero-order valence-corrected chi connectivity index (χ0v) is 11.3. The van der Waals surface area contributed by atoms with Crippen molar-refractivity contribution in [2.24, 2.45) is 17.8 Å². The van der Waals surface area contributed by atoms with Crippen molar-refractivity contribution in [3.05, 3.63) is 35.4 Å². The highest BCUT2D eigenvalue weighted by atomic mass is 16.1. The standard InChI is InChI=1S/C17H19NO/c1-2-5-12(10-18)17(19)16-14-9-8-11-6-3-4-7-13(11)15(14)16/h3-4,6-7,12,14-16H,2,5,8-9H2,1H3. The third-order valence-corrected chi connectivity index (χ3v) is 4.73. The predicted molar refractivity (Wildman–Crippen MR) is 73.5 cm³/mol. The van der Waals surface area contributed by atoms with E-state index < -0.39 is 0 Å². The van der Waals surface area contributed by atoms with Crippen LogP contribution in [0.2, 0.25) is 0 Å². The zero-order chi connectivity index (χ0) is 13.4. The third-order valence-electron chi connectivity index (χ3n) is 4.73. The number of carbonyl (C=O) groups excluding carboxylic acids is 1. The van der Waals surface area contributed by atoms with Crippen LogP contribution in [0.1, 0.15) is 43.2 Å². The normalized spacial score (nSPS) is 28.7. The van der Waals surface area contributed by atoms with Crippen LogP contribution in [0.5, 0.6) is 0 Å². The van der Waals surface area contributed by atoms with Crippen LogP contribution in [-0.2, 0) is 11.2 Å². The Morgan fingerprint density at radius 3 is 3.00 bits per heavy atom. The molecule has 0 heterocycles. The number of hydrogen-bond donors (Lipinski definition) is 0. The predicted octanol–water partition coefficient (Wildman–Crippen LogP) is 3.47. The summed E-state index contributed by atoms with van der Waals surface area (Å²) in [5, 5.41) is 9.16. The van der Waals surface area contributed by atoms with Crippen molar-refractivity contribution < 1.29 is 4.79 Å². The average Bonchev–Trinajstić information content (AvgIpc) is 3.19. The maximum Gasteiger partial charge on any atom is 0.153 e. The maximum atomic E-state index is 12.5. The maximum absolute atomic E-state index is 12.5. The van der Waals surface area contributed by atoms with E-state index >= 15 is 0 Å². The first-order chi connectivity index (χ1) is 9.27. The molecule has 2 aliphatic rings. The van der Waals surface area contributed by atoms with E-state index in [1.54, 1.807) is 0 Å². The quantitative estimate of drug-likeness (QED) is 0.824. The highest BCUT2D eigenvalue weighted by Gasteiger charge is 2.57. The number of ketones is 1. The fourth-order valence-electron chi connectivity index (χ4n) is 3.75. The smallest absolute Gasteiger partial charge is 0.153 e. The highest BCUT2D eigenvalue weighted by molar-refractivity contribution is 5.90. The van der Waals surface area contributed by atoms with Gasteiger partial charge in [-0.2, -0.15) is 5.26 Å². The number of hydrogen-bond acceptors (Lipinski definition) is 2. The fraction of sp³-hybridized carbons (Fsp3) is 0.529. The lowest BCUT2D eigenvalue weighted by atomic mass is 9.92. The number of Topliss-reactive ketones (excluding diaryl/α,β-unsaturated/α-hetero) is 1. The first-order valence-corrected chi connectivity index (χ1v) is 7.29. The average molecular weight is 253 g/mol. The van der Waals surface area contributed by atoms with Gasteiger partial charge in [0.1, 0.15) is 5.92 Å². The number of fused-ring (bicyclic) bond motifs is 3. The number of nitrogens with zero attached hydrogens (tertiary/aromatic N) is 1. The summed E-state index contributed by atoms with van der Waals surface area (Å²) in [6.45, 7) is 2.03. The summed E-state index contributed by atoms with van der Waals surface area (Å²) < 4.78 is 0. The van der Waals surface area contributed by atoms with Crippen LogP contribution in [0, 0.1) is 29.1 Å². The number of rotatable bonds is 4. The van der Waals surface area contributed by atoms with E-state index in [0.717, 1.165) is 19.3 Å². The summed E-state index contributed by atoms with van der Waals surface area (Å²) in [4.78, 5) is 12.5. The molecule has 0 amide bonds. The van der Waals surface area contributed by atoms with Gasteiger partial charge in [-0.3, -0.25) is 4.79 Å². The van der Waals surface area contributed by atoms with Crippen LogP contribution in [0.3, 0.4) is 0 Å². The van der Waals surface area contributed by atoms with Crippen molar-refractivity contribution in [1.29, 1.82) is 5.26 Å². The fourth-order valence-corrected chi connectivity index (χ4v) is 3.75. The molecule has 1 aromatic carbocycles. The van der Waals surface area contributed by atoms with Crippen molar-refractivity contribution in [1.82, 2.24) is 0 Å². The molecule has 0 aromatic heterocycles. The molecule has 1 aromatic rings. The summed E-state index contributed by atoms with van der Waals surface area (Å²) in [7, 11) is 0. The summed E-state index contributed by atoms with van der Waals surface area (Å²) in [5.41, 5.74) is 2.77. The molecule has 98 valence electrons. The second kappa shape index (κ2) is 4.81. The lowest BCUT2D eigenvalue weighted by molar-refractivity contribution is -0.123. The van der Waals surface area contributed by atoms with Gasteiger partial charge in [-0.15, -0.1) is 0 Å². The summed E-state index contributed by atoms with van der Waals surface area (Å²) in [6.07, 6.45) is 3.82. The Morgan fingerprint density at radius 2 is 2.26 bits per heavy atom. The molecule has 0 radical (unpaired) electrons. The second-order valence-electron chi connectivity index (χ2n) is 5.83. The molecule has 0 saturated heterocycles. The Kier molecular flexibility index (Phi) is 3.14. The number of aryl methyl sites for hydroxylation is 1. The SMILES string of the molecule is CCCC(C#N)C(=O)C1C2CCc3ccccc3C21.